The molecule has 0 N–H and O–H groups in total. The zero-order valence-corrected chi connectivity index (χ0v) is 16.7. The molecule has 2 aromatic carbocycles. The molecule has 0 radical (unpaired) electrons. The van der Waals surface area contributed by atoms with E-state index in [1.54, 1.807) is 6.20 Å². The first-order valence-electron chi connectivity index (χ1n) is 10.4. The predicted molar refractivity (Wildman–Crippen MR) is 116 cm³/mol. The van der Waals surface area contributed by atoms with Crippen molar-refractivity contribution < 1.29 is 4.74 Å². The molecule has 5 rings (SSSR count). The number of rotatable bonds is 4. The van der Waals surface area contributed by atoms with Gasteiger partial charge in [-0.1, -0.05) is 43.0 Å². The minimum absolute atomic E-state index is 0.547. The number of aryl methyl sites for hydroxylation is 1. The molecule has 2 aromatic heterocycles. The van der Waals surface area contributed by atoms with Crippen molar-refractivity contribution in [1.29, 1.82) is 0 Å². The van der Waals surface area contributed by atoms with Crippen molar-refractivity contribution in [2.75, 3.05) is 0 Å². The summed E-state index contributed by atoms with van der Waals surface area (Å²) < 4.78 is 8.27. The molecule has 0 atom stereocenters. The monoisotopic (exact) mass is 383 g/mol. The van der Waals surface area contributed by atoms with Gasteiger partial charge in [0.25, 0.3) is 0 Å². The minimum atomic E-state index is 0.547. The SMILES string of the molecule is Cc1ccc(Oc2ccnc3cc(-c4cnn(C5CCCCC5)c4)ccc23)cc1. The van der Waals surface area contributed by atoms with Crippen molar-refractivity contribution in [3.8, 4) is 22.6 Å². The van der Waals surface area contributed by atoms with Crippen LogP contribution in [0.15, 0.2) is 67.1 Å². The highest BCUT2D eigenvalue weighted by Gasteiger charge is 2.16. The lowest BCUT2D eigenvalue weighted by molar-refractivity contribution is 0.329. The van der Waals surface area contributed by atoms with E-state index in [0.29, 0.717) is 6.04 Å². The molecule has 0 bridgehead atoms. The van der Waals surface area contributed by atoms with Gasteiger partial charge in [-0.2, -0.15) is 5.10 Å². The number of pyridine rings is 1. The van der Waals surface area contributed by atoms with Gasteiger partial charge in [0.2, 0.25) is 0 Å². The largest absolute Gasteiger partial charge is 0.457 e. The molecular weight excluding hydrogens is 358 g/mol. The van der Waals surface area contributed by atoms with Crippen molar-refractivity contribution in [3.05, 3.63) is 72.7 Å². The second-order valence-corrected chi connectivity index (χ2v) is 7.96. The maximum Gasteiger partial charge on any atom is 0.138 e. The van der Waals surface area contributed by atoms with Crippen LogP contribution in [0.1, 0.15) is 43.7 Å². The summed E-state index contributed by atoms with van der Waals surface area (Å²) in [5.74, 6) is 1.66. The number of benzene rings is 2. The number of nitrogens with zero attached hydrogens (tertiary/aromatic N) is 3. The Morgan fingerprint density at radius 1 is 0.931 bits per heavy atom. The fourth-order valence-corrected chi connectivity index (χ4v) is 4.16. The lowest BCUT2D eigenvalue weighted by Gasteiger charge is -2.21. The molecule has 0 spiro atoms. The molecule has 0 unspecified atom stereocenters. The maximum absolute atomic E-state index is 6.12. The smallest absolute Gasteiger partial charge is 0.138 e. The Kier molecular flexibility index (Phi) is 4.76. The van der Waals surface area contributed by atoms with E-state index in [2.05, 4.69) is 58.2 Å². The number of aromatic nitrogens is 3. The molecule has 2 heterocycles. The fourth-order valence-electron chi connectivity index (χ4n) is 4.16. The predicted octanol–water partition coefficient (Wildman–Crippen LogP) is 6.70. The van der Waals surface area contributed by atoms with E-state index in [1.165, 1.54) is 37.7 Å². The first-order valence-corrected chi connectivity index (χ1v) is 10.4. The topological polar surface area (TPSA) is 39.9 Å². The van der Waals surface area contributed by atoms with Crippen LogP contribution in [0.3, 0.4) is 0 Å². The van der Waals surface area contributed by atoms with Gasteiger partial charge in [0, 0.05) is 23.3 Å². The van der Waals surface area contributed by atoms with E-state index in [-0.39, 0.29) is 0 Å². The third-order valence-corrected chi connectivity index (χ3v) is 5.84. The second-order valence-electron chi connectivity index (χ2n) is 7.96. The Morgan fingerprint density at radius 2 is 1.76 bits per heavy atom. The zero-order valence-electron chi connectivity index (χ0n) is 16.7. The molecule has 0 amide bonds. The Labute approximate surface area is 171 Å². The highest BCUT2D eigenvalue weighted by molar-refractivity contribution is 5.88. The molecule has 29 heavy (non-hydrogen) atoms. The lowest BCUT2D eigenvalue weighted by atomic mass is 9.96. The molecule has 4 nitrogen and oxygen atoms in total. The van der Waals surface area contributed by atoms with Crippen LogP contribution in [0.2, 0.25) is 0 Å². The normalized spacial score (nSPS) is 14.9. The molecule has 1 fully saturated rings. The van der Waals surface area contributed by atoms with Crippen molar-refractivity contribution in [3.63, 3.8) is 0 Å². The van der Waals surface area contributed by atoms with Crippen LogP contribution in [0.5, 0.6) is 11.5 Å². The molecule has 4 aromatic rings. The summed E-state index contributed by atoms with van der Waals surface area (Å²) >= 11 is 0. The van der Waals surface area contributed by atoms with E-state index in [0.717, 1.165) is 33.5 Å². The van der Waals surface area contributed by atoms with Gasteiger partial charge in [-0.05, 0) is 55.7 Å². The first-order chi connectivity index (χ1) is 14.3. The Balaban J connectivity index is 1.43. The van der Waals surface area contributed by atoms with Crippen LogP contribution in [-0.4, -0.2) is 14.8 Å². The van der Waals surface area contributed by atoms with E-state index < -0.39 is 0 Å². The number of fused-ring (bicyclic) bond motifs is 1. The van der Waals surface area contributed by atoms with Crippen molar-refractivity contribution in [2.24, 2.45) is 0 Å². The Bertz CT molecular complexity index is 1120. The van der Waals surface area contributed by atoms with Crippen LogP contribution < -0.4 is 4.74 Å². The van der Waals surface area contributed by atoms with Gasteiger partial charge in [0.15, 0.2) is 0 Å². The molecular formula is C25H25N3O. The number of hydrogen-bond acceptors (Lipinski definition) is 3. The van der Waals surface area contributed by atoms with Crippen LogP contribution in [0, 0.1) is 6.92 Å². The van der Waals surface area contributed by atoms with Gasteiger partial charge >= 0.3 is 0 Å². The molecule has 1 saturated carbocycles. The molecule has 1 aliphatic rings. The van der Waals surface area contributed by atoms with E-state index >= 15 is 0 Å². The molecule has 0 saturated heterocycles. The summed E-state index contributed by atoms with van der Waals surface area (Å²) in [4.78, 5) is 4.57. The summed E-state index contributed by atoms with van der Waals surface area (Å²) in [6, 6.07) is 16.9. The van der Waals surface area contributed by atoms with Gasteiger partial charge in [-0.3, -0.25) is 9.67 Å². The average Bonchev–Trinajstić information content (AvgIpc) is 3.26. The lowest BCUT2D eigenvalue weighted by Crippen LogP contribution is -2.12. The van der Waals surface area contributed by atoms with Gasteiger partial charge in [-0.25, -0.2) is 0 Å². The molecule has 1 aliphatic carbocycles. The first kappa shape index (κ1) is 17.9. The maximum atomic E-state index is 6.12. The molecule has 146 valence electrons. The molecule has 0 aliphatic heterocycles. The average molecular weight is 383 g/mol. The summed E-state index contributed by atoms with van der Waals surface area (Å²) in [6.07, 6.45) is 12.4. The standard InChI is InChI=1S/C25H25N3O/c1-18-7-10-22(11-8-18)29-25-13-14-26-24-15-19(9-12-23(24)25)20-16-27-28(17-20)21-5-3-2-4-6-21/h7-17,21H,2-6H2,1H3. The quantitative estimate of drug-likeness (QED) is 0.393. The van der Waals surface area contributed by atoms with Crippen LogP contribution in [0.25, 0.3) is 22.0 Å². The van der Waals surface area contributed by atoms with Crippen LogP contribution >= 0.6 is 0 Å². The van der Waals surface area contributed by atoms with Crippen molar-refractivity contribution in [1.82, 2.24) is 14.8 Å². The highest BCUT2D eigenvalue weighted by atomic mass is 16.5. The summed E-state index contributed by atoms with van der Waals surface area (Å²) in [5.41, 5.74) is 4.43. The van der Waals surface area contributed by atoms with Gasteiger partial charge < -0.3 is 4.74 Å². The third kappa shape index (κ3) is 3.75. The second kappa shape index (κ2) is 7.70. The van der Waals surface area contributed by atoms with Crippen molar-refractivity contribution in [2.45, 2.75) is 45.1 Å². The highest BCUT2D eigenvalue weighted by Crippen LogP contribution is 2.33. The van der Waals surface area contributed by atoms with E-state index in [9.17, 15) is 0 Å². The minimum Gasteiger partial charge on any atom is -0.457 e. The fraction of sp³-hybridized carbons (Fsp3) is 0.280. The van der Waals surface area contributed by atoms with Gasteiger partial charge in [0.1, 0.15) is 11.5 Å². The number of hydrogen-bond donors (Lipinski definition) is 0. The third-order valence-electron chi connectivity index (χ3n) is 5.84. The Morgan fingerprint density at radius 3 is 2.59 bits per heavy atom. The van der Waals surface area contributed by atoms with Crippen LogP contribution in [0.4, 0.5) is 0 Å². The van der Waals surface area contributed by atoms with E-state index in [4.69, 9.17) is 4.74 Å². The van der Waals surface area contributed by atoms with E-state index in [1.807, 2.05) is 24.4 Å². The van der Waals surface area contributed by atoms with Crippen LogP contribution in [-0.2, 0) is 0 Å². The van der Waals surface area contributed by atoms with Crippen molar-refractivity contribution >= 4 is 10.9 Å². The van der Waals surface area contributed by atoms with Gasteiger partial charge in [-0.15, -0.1) is 0 Å². The zero-order chi connectivity index (χ0) is 19.6. The van der Waals surface area contributed by atoms with Gasteiger partial charge in [0.05, 0.1) is 17.8 Å². The summed E-state index contributed by atoms with van der Waals surface area (Å²) in [6.45, 7) is 2.07. The Hall–Kier alpha value is -3.14. The number of ether oxygens (including phenoxy) is 1. The summed E-state index contributed by atoms with van der Waals surface area (Å²) in [5, 5.41) is 5.66. The molecule has 4 heteroatoms. The summed E-state index contributed by atoms with van der Waals surface area (Å²) in [7, 11) is 0.